The Hall–Kier alpha value is -5.55. The van der Waals surface area contributed by atoms with Gasteiger partial charge in [-0.15, -0.1) is 17.9 Å². The minimum atomic E-state index is -4.53. The smallest absolute Gasteiger partial charge is 0.408 e. The fraction of sp³-hybridized carbons (Fsp3) is 0.489. The molecule has 4 fully saturated rings. The molecule has 2 aromatic heterocycles. The van der Waals surface area contributed by atoms with Crippen LogP contribution in [0.4, 0.5) is 9.93 Å². The molecule has 3 saturated carbocycles. The Balaban J connectivity index is 1.12. The Labute approximate surface area is 377 Å². The zero-order chi connectivity index (χ0) is 45.4. The van der Waals surface area contributed by atoms with Crippen molar-refractivity contribution >= 4 is 60.2 Å². The van der Waals surface area contributed by atoms with Crippen LogP contribution >= 0.6 is 11.3 Å². The lowest BCUT2D eigenvalue weighted by Gasteiger charge is -2.35. The number of likely N-dealkylation sites (tertiary alicyclic amines) is 1. The van der Waals surface area contributed by atoms with Crippen LogP contribution in [0.25, 0.3) is 22.3 Å². The summed E-state index contributed by atoms with van der Waals surface area (Å²) in [5, 5.41) is 11.4. The number of aromatic nitrogens is 2. The molecule has 340 valence electrons. The number of fused-ring (bicyclic) bond motifs is 1. The molecule has 64 heavy (non-hydrogen) atoms. The highest BCUT2D eigenvalue weighted by Gasteiger charge is 2.64. The molecule has 3 N–H and O–H groups in total. The van der Waals surface area contributed by atoms with Gasteiger partial charge < -0.3 is 35.1 Å². The molecule has 15 nitrogen and oxygen atoms in total. The van der Waals surface area contributed by atoms with Gasteiger partial charge in [0.05, 0.1) is 29.8 Å². The van der Waals surface area contributed by atoms with Gasteiger partial charge in [-0.05, 0) is 74.6 Å². The van der Waals surface area contributed by atoms with E-state index in [9.17, 15) is 27.6 Å². The Morgan fingerprint density at radius 2 is 1.67 bits per heavy atom. The lowest BCUT2D eigenvalue weighted by Crippen LogP contribution is -2.59. The number of methoxy groups -OCH3 is 1. The Kier molecular flexibility index (Phi) is 12.8. The summed E-state index contributed by atoms with van der Waals surface area (Å²) in [4.78, 5) is 68.0. The minimum absolute atomic E-state index is 0.0106. The number of hydrogen-bond acceptors (Lipinski definition) is 13. The summed E-state index contributed by atoms with van der Waals surface area (Å²) >= 11 is 1.50. The second kappa shape index (κ2) is 18.1. The van der Waals surface area contributed by atoms with Crippen LogP contribution in [0.5, 0.6) is 11.5 Å². The van der Waals surface area contributed by atoms with Gasteiger partial charge in [-0.1, -0.05) is 57.9 Å². The van der Waals surface area contributed by atoms with Crippen molar-refractivity contribution in [2.45, 2.75) is 126 Å². The van der Waals surface area contributed by atoms with Crippen LogP contribution in [0.2, 0.25) is 0 Å². The van der Waals surface area contributed by atoms with E-state index in [-0.39, 0.29) is 30.4 Å². The molecule has 8 rings (SSSR count). The number of pyridine rings is 1. The fourth-order valence-electron chi connectivity index (χ4n) is 9.16. The van der Waals surface area contributed by atoms with E-state index in [0.29, 0.717) is 39.8 Å². The number of carbonyl (C=O) groups excluding carboxylic acids is 4. The Bertz CT molecular complexity index is 2530. The maximum absolute atomic E-state index is 14.9. The topological polar surface area (TPSA) is 195 Å². The molecule has 0 bridgehead atoms. The van der Waals surface area contributed by atoms with E-state index >= 15 is 0 Å². The van der Waals surface area contributed by atoms with Crippen LogP contribution in [0.15, 0.2) is 77.5 Å². The van der Waals surface area contributed by atoms with E-state index in [0.717, 1.165) is 43.7 Å². The van der Waals surface area contributed by atoms with Gasteiger partial charge >= 0.3 is 6.09 Å². The monoisotopic (exact) mass is 912 g/mol. The molecule has 1 aliphatic heterocycles. The molecule has 0 radical (unpaired) electrons. The van der Waals surface area contributed by atoms with Crippen molar-refractivity contribution in [1.29, 1.82) is 0 Å². The molecule has 5 atom stereocenters. The van der Waals surface area contributed by atoms with Crippen molar-refractivity contribution < 1.29 is 41.8 Å². The van der Waals surface area contributed by atoms with Crippen molar-refractivity contribution in [3.8, 4) is 22.9 Å². The summed E-state index contributed by atoms with van der Waals surface area (Å²) in [5.41, 5.74) is -0.875. The van der Waals surface area contributed by atoms with Gasteiger partial charge in [0, 0.05) is 41.3 Å². The average molecular weight is 913 g/mol. The first-order valence-electron chi connectivity index (χ1n) is 22.0. The number of nitrogens with one attached hydrogen (secondary N) is 3. The number of alkyl carbamates (subject to hydrolysis) is 1. The highest BCUT2D eigenvalue weighted by Crippen LogP contribution is 2.48. The van der Waals surface area contributed by atoms with E-state index in [2.05, 4.69) is 22.5 Å². The first-order valence-corrected chi connectivity index (χ1v) is 24.4. The van der Waals surface area contributed by atoms with Crippen LogP contribution in [0, 0.1) is 11.3 Å². The molecule has 1 unspecified atom stereocenters. The summed E-state index contributed by atoms with van der Waals surface area (Å²) in [5.74, 6) is -0.962. The maximum atomic E-state index is 14.9. The molecule has 3 amide bonds. The molecule has 3 aliphatic carbocycles. The first-order chi connectivity index (χ1) is 30.6. The number of rotatable bonds is 14. The van der Waals surface area contributed by atoms with Crippen LogP contribution < -0.4 is 25.4 Å². The van der Waals surface area contributed by atoms with Gasteiger partial charge in [0.25, 0.3) is 5.12 Å². The van der Waals surface area contributed by atoms with Gasteiger partial charge in [-0.2, -0.15) is 0 Å². The maximum Gasteiger partial charge on any atom is 0.408 e. The Morgan fingerprint density at radius 1 is 0.953 bits per heavy atom. The number of hydrogen-bond donors (Lipinski definition) is 3. The number of carbonyl (C=O) groups is 4. The van der Waals surface area contributed by atoms with Gasteiger partial charge in [0.1, 0.15) is 47.0 Å². The van der Waals surface area contributed by atoms with Crippen LogP contribution in [0.1, 0.15) is 85.0 Å². The average Bonchev–Trinajstić information content (AvgIpc) is 3.93. The van der Waals surface area contributed by atoms with Crippen molar-refractivity contribution in [2.24, 2.45) is 11.3 Å². The van der Waals surface area contributed by atoms with E-state index in [1.807, 2.05) is 11.4 Å². The van der Waals surface area contributed by atoms with E-state index in [4.69, 9.17) is 24.2 Å². The second-order valence-electron chi connectivity index (χ2n) is 18.4. The number of nitrogens with zero attached hydrogens (tertiary/aromatic N) is 3. The Morgan fingerprint density at radius 3 is 2.34 bits per heavy atom. The molecular weight excluding hydrogens is 857 g/mol. The van der Waals surface area contributed by atoms with E-state index in [1.165, 1.54) is 59.4 Å². The molecule has 4 aliphatic rings. The number of thiazole rings is 1. The van der Waals surface area contributed by atoms with Gasteiger partial charge in [-0.25, -0.2) is 23.2 Å². The molecule has 4 aromatic rings. The predicted molar refractivity (Wildman–Crippen MR) is 243 cm³/mol. The molecule has 0 spiro atoms. The largest absolute Gasteiger partial charge is 0.497 e. The van der Waals surface area contributed by atoms with Crippen LogP contribution in [0.3, 0.4) is 0 Å². The zero-order valence-electron chi connectivity index (χ0n) is 36.6. The number of ether oxygens (including phenoxy) is 3. The standard InChI is InChI=1S/C47H56N6O9S2/c1-6-28-25-47(28,43(56)64(58,59)33-18-8-7-9-19-33)52-41(54)38-23-32(26-53(38)42(55)40(46(2,3)4)51-45(57)62-30-16-12-13-17-30)61-39-24-36(49-35-22-31(60-5)20-21-34(35)39)37-27-63-44(50-37)48-29-14-10-11-15-29/h6-9,18-22,24,27-30,32,38,40H,1,10-17,23,25-26H2,2-5H3,(H,48,50)(H,51,57)(H,52,54)/t28-,32-,38?,40-,47-/m1/s1. The summed E-state index contributed by atoms with van der Waals surface area (Å²) in [7, 11) is -2.96. The first kappa shape index (κ1) is 45.0. The van der Waals surface area contributed by atoms with Crippen LogP contribution in [-0.2, 0) is 29.0 Å². The van der Waals surface area contributed by atoms with Gasteiger partial charge in [0.15, 0.2) is 5.13 Å². The fourth-order valence-corrected chi connectivity index (χ4v) is 11.4. The number of amides is 3. The summed E-state index contributed by atoms with van der Waals surface area (Å²) in [6.45, 7) is 9.13. The third-order valence-electron chi connectivity index (χ3n) is 12.8. The van der Waals surface area contributed by atoms with Crippen molar-refractivity contribution in [2.75, 3.05) is 19.0 Å². The zero-order valence-corrected chi connectivity index (χ0v) is 38.3. The van der Waals surface area contributed by atoms with E-state index in [1.54, 1.807) is 52.1 Å². The number of anilines is 1. The molecule has 3 heterocycles. The lowest BCUT2D eigenvalue weighted by atomic mass is 9.85. The third-order valence-corrected chi connectivity index (χ3v) is 15.3. The highest BCUT2D eigenvalue weighted by molar-refractivity contribution is 8.06. The molecule has 2 aromatic carbocycles. The SMILES string of the molecule is C=C[C@@H]1C[C@]1(NC(=O)C1C[C@@H](Oc2cc(-c3csc(NC4CCCC4)n3)nc3cc(OC)ccc23)CN1C(=O)[C@@H](NC(=O)OC1CCCC1)C(C)(C)C)C(=O)S(=O)(=O)c1ccccc1. The quantitative estimate of drug-likeness (QED) is 0.108. The lowest BCUT2D eigenvalue weighted by molar-refractivity contribution is -0.142. The number of benzene rings is 2. The number of sulfone groups is 1. The van der Waals surface area contributed by atoms with Crippen molar-refractivity contribution in [3.63, 3.8) is 0 Å². The summed E-state index contributed by atoms with van der Waals surface area (Å²) < 4.78 is 45.4. The summed E-state index contributed by atoms with van der Waals surface area (Å²) in [6.07, 6.45) is 7.58. The van der Waals surface area contributed by atoms with Crippen molar-refractivity contribution in [3.05, 3.63) is 72.6 Å². The van der Waals surface area contributed by atoms with E-state index < -0.39 is 67.9 Å². The van der Waals surface area contributed by atoms with Crippen LogP contribution in [-0.4, -0.2) is 95.8 Å². The summed E-state index contributed by atoms with van der Waals surface area (Å²) in [6, 6.07) is 12.5. The normalized spacial score (nSPS) is 23.1. The second-order valence-corrected chi connectivity index (χ2v) is 21.1. The molecule has 1 saturated heterocycles. The van der Waals surface area contributed by atoms with Gasteiger partial charge in [-0.3, -0.25) is 14.4 Å². The molecular formula is C47H56N6O9S2. The third kappa shape index (κ3) is 9.32. The minimum Gasteiger partial charge on any atom is -0.497 e. The predicted octanol–water partition coefficient (Wildman–Crippen LogP) is 7.21. The van der Waals surface area contributed by atoms with Crippen molar-refractivity contribution in [1.82, 2.24) is 25.5 Å². The van der Waals surface area contributed by atoms with Gasteiger partial charge in [0.2, 0.25) is 21.7 Å². The molecule has 17 heteroatoms. The highest BCUT2D eigenvalue weighted by atomic mass is 32.2.